The van der Waals surface area contributed by atoms with Crippen LogP contribution in [0.25, 0.3) is 0 Å². The molecule has 1 fully saturated rings. The number of halogens is 1. The molecule has 5 heteroatoms. The van der Waals surface area contributed by atoms with Gasteiger partial charge in [0.25, 0.3) is 0 Å². The molecule has 1 aliphatic carbocycles. The zero-order valence-corrected chi connectivity index (χ0v) is 14.5. The van der Waals surface area contributed by atoms with Gasteiger partial charge < -0.3 is 10.6 Å². The molecule has 21 heavy (non-hydrogen) atoms. The Hall–Kier alpha value is -0.580. The van der Waals surface area contributed by atoms with Crippen molar-refractivity contribution in [2.45, 2.75) is 46.1 Å². The fraction of sp³-hybridized carbons (Fsp3) is 0.688. The topological polar surface area (TPSA) is 46.3 Å². The van der Waals surface area contributed by atoms with Crippen LogP contribution in [-0.2, 0) is 11.3 Å². The smallest absolute Gasteiger partial charge is 0.230 e. The Labute approximate surface area is 136 Å². The lowest BCUT2D eigenvalue weighted by atomic mass is 9.70. The van der Waals surface area contributed by atoms with E-state index < -0.39 is 0 Å². The van der Waals surface area contributed by atoms with E-state index in [1.165, 1.54) is 0 Å². The van der Waals surface area contributed by atoms with Crippen LogP contribution in [0.5, 0.6) is 0 Å². The van der Waals surface area contributed by atoms with Crippen molar-refractivity contribution in [1.82, 2.24) is 4.90 Å². The van der Waals surface area contributed by atoms with Gasteiger partial charge in [0.1, 0.15) is 0 Å². The van der Waals surface area contributed by atoms with Crippen molar-refractivity contribution in [1.29, 1.82) is 0 Å². The number of carbonyl (C=O) groups is 1. The minimum atomic E-state index is -0.344. The second-order valence-corrected chi connectivity index (χ2v) is 7.99. The molecule has 2 N–H and O–H groups in total. The Morgan fingerprint density at radius 2 is 2.14 bits per heavy atom. The monoisotopic (exact) mass is 328 g/mol. The second kappa shape index (κ2) is 7.12. The van der Waals surface area contributed by atoms with E-state index in [1.807, 2.05) is 24.0 Å². The van der Waals surface area contributed by atoms with Gasteiger partial charge in [-0.15, -0.1) is 11.3 Å². The molecule has 118 valence electrons. The number of hydrogen-bond acceptors (Lipinski definition) is 3. The number of thiophene rings is 1. The van der Waals surface area contributed by atoms with Crippen molar-refractivity contribution < 1.29 is 4.79 Å². The van der Waals surface area contributed by atoms with Gasteiger partial charge in [0.15, 0.2) is 0 Å². The van der Waals surface area contributed by atoms with Crippen molar-refractivity contribution in [2.75, 3.05) is 13.1 Å². The molecule has 0 aliphatic heterocycles. The van der Waals surface area contributed by atoms with Crippen LogP contribution in [0.2, 0.25) is 4.34 Å². The Balaban J connectivity index is 2.10. The highest BCUT2D eigenvalue weighted by atomic mass is 35.5. The van der Waals surface area contributed by atoms with Crippen molar-refractivity contribution in [2.24, 2.45) is 17.1 Å². The van der Waals surface area contributed by atoms with Gasteiger partial charge in [-0.25, -0.2) is 0 Å². The average molecular weight is 329 g/mol. The van der Waals surface area contributed by atoms with E-state index in [2.05, 4.69) is 6.92 Å². The highest BCUT2D eigenvalue weighted by Crippen LogP contribution is 2.40. The fourth-order valence-electron chi connectivity index (χ4n) is 3.11. The first-order valence-corrected chi connectivity index (χ1v) is 8.94. The third-order valence-electron chi connectivity index (χ3n) is 4.72. The molecule has 3 nitrogen and oxygen atoms in total. The van der Waals surface area contributed by atoms with Crippen molar-refractivity contribution in [3.05, 3.63) is 21.3 Å². The Morgan fingerprint density at radius 1 is 1.48 bits per heavy atom. The standard InChI is InChI=1S/C16H25ClN2OS/c1-3-19(10-13-4-5-14(17)21-13)15(20)16(11-18)8-6-12(2)7-9-16/h4-5,12H,3,6-11,18H2,1-2H3. The predicted octanol–water partition coefficient (Wildman–Crippen LogP) is 3.91. The highest BCUT2D eigenvalue weighted by Gasteiger charge is 2.41. The summed E-state index contributed by atoms with van der Waals surface area (Å²) in [5.74, 6) is 0.938. The summed E-state index contributed by atoms with van der Waals surface area (Å²) in [7, 11) is 0. The van der Waals surface area contributed by atoms with Gasteiger partial charge in [-0.2, -0.15) is 0 Å². The van der Waals surface area contributed by atoms with E-state index in [9.17, 15) is 4.79 Å². The maximum atomic E-state index is 13.0. The number of nitrogens with zero attached hydrogens (tertiary/aromatic N) is 1. The maximum absolute atomic E-state index is 13.0. The quantitative estimate of drug-likeness (QED) is 0.890. The summed E-state index contributed by atoms with van der Waals surface area (Å²) in [6, 6.07) is 3.89. The first-order chi connectivity index (χ1) is 10.0. The molecule has 0 unspecified atom stereocenters. The molecule has 1 aromatic heterocycles. The largest absolute Gasteiger partial charge is 0.337 e. The van der Waals surface area contributed by atoms with Crippen molar-refractivity contribution >= 4 is 28.8 Å². The van der Waals surface area contributed by atoms with Gasteiger partial charge in [-0.1, -0.05) is 18.5 Å². The van der Waals surface area contributed by atoms with E-state index in [-0.39, 0.29) is 11.3 Å². The normalized spacial score (nSPS) is 25.8. The minimum Gasteiger partial charge on any atom is -0.337 e. The maximum Gasteiger partial charge on any atom is 0.230 e. The molecule has 0 spiro atoms. The summed E-state index contributed by atoms with van der Waals surface area (Å²) in [5, 5.41) is 0. The summed E-state index contributed by atoms with van der Waals surface area (Å²) in [6.07, 6.45) is 4.05. The highest BCUT2D eigenvalue weighted by molar-refractivity contribution is 7.16. The Morgan fingerprint density at radius 3 is 2.62 bits per heavy atom. The second-order valence-electron chi connectivity index (χ2n) is 6.19. The summed E-state index contributed by atoms with van der Waals surface area (Å²) >= 11 is 7.52. The fourth-order valence-corrected chi connectivity index (χ4v) is 4.21. The summed E-state index contributed by atoms with van der Waals surface area (Å²) in [4.78, 5) is 16.1. The predicted molar refractivity (Wildman–Crippen MR) is 89.5 cm³/mol. The van der Waals surface area contributed by atoms with Gasteiger partial charge in [0.2, 0.25) is 5.91 Å². The molecule has 0 bridgehead atoms. The molecule has 2 rings (SSSR count). The molecule has 0 aromatic carbocycles. The van der Waals surface area contributed by atoms with Crippen LogP contribution in [0, 0.1) is 11.3 Å². The summed E-state index contributed by atoms with van der Waals surface area (Å²) in [6.45, 7) is 6.11. The van der Waals surface area contributed by atoms with Gasteiger partial charge in [0.05, 0.1) is 16.3 Å². The Kier molecular flexibility index (Phi) is 5.69. The number of carbonyl (C=O) groups excluding carboxylic acids is 1. The third kappa shape index (κ3) is 3.79. The Bertz CT molecular complexity index is 480. The van der Waals surface area contributed by atoms with Gasteiger partial charge in [0, 0.05) is 18.0 Å². The lowest BCUT2D eigenvalue weighted by molar-refractivity contribution is -0.144. The number of rotatable bonds is 5. The zero-order valence-electron chi connectivity index (χ0n) is 12.9. The number of hydrogen-bond donors (Lipinski definition) is 1. The van der Waals surface area contributed by atoms with Crippen LogP contribution in [0.1, 0.15) is 44.4 Å². The van der Waals surface area contributed by atoms with E-state index >= 15 is 0 Å². The van der Waals surface area contributed by atoms with Gasteiger partial charge in [-0.3, -0.25) is 4.79 Å². The van der Waals surface area contributed by atoms with Crippen LogP contribution in [0.4, 0.5) is 0 Å². The van der Waals surface area contributed by atoms with Crippen LogP contribution in [0.15, 0.2) is 12.1 Å². The molecule has 1 amide bonds. The molecule has 1 aliphatic rings. The first-order valence-electron chi connectivity index (χ1n) is 7.74. The van der Waals surface area contributed by atoms with E-state index in [0.29, 0.717) is 25.6 Å². The summed E-state index contributed by atoms with van der Waals surface area (Å²) < 4.78 is 0.772. The van der Waals surface area contributed by atoms with E-state index in [1.54, 1.807) is 11.3 Å². The molecule has 0 atom stereocenters. The van der Waals surface area contributed by atoms with Crippen LogP contribution >= 0.6 is 22.9 Å². The van der Waals surface area contributed by atoms with Gasteiger partial charge >= 0.3 is 0 Å². The average Bonchev–Trinajstić information content (AvgIpc) is 2.90. The minimum absolute atomic E-state index is 0.226. The molecular weight excluding hydrogens is 304 g/mol. The van der Waals surface area contributed by atoms with Crippen LogP contribution < -0.4 is 5.73 Å². The van der Waals surface area contributed by atoms with Crippen molar-refractivity contribution in [3.63, 3.8) is 0 Å². The lowest BCUT2D eigenvalue weighted by Gasteiger charge is -2.40. The van der Waals surface area contributed by atoms with Gasteiger partial charge in [-0.05, 0) is 50.7 Å². The van der Waals surface area contributed by atoms with Crippen LogP contribution in [-0.4, -0.2) is 23.9 Å². The molecule has 1 saturated carbocycles. The molecule has 1 aromatic rings. The molecular formula is C16H25ClN2OS. The first kappa shape index (κ1) is 16.8. The van der Waals surface area contributed by atoms with Crippen molar-refractivity contribution in [3.8, 4) is 0 Å². The van der Waals surface area contributed by atoms with E-state index in [0.717, 1.165) is 34.9 Å². The number of nitrogens with two attached hydrogens (primary N) is 1. The molecule has 0 saturated heterocycles. The third-order valence-corrected chi connectivity index (χ3v) is 5.94. The molecule has 0 radical (unpaired) electrons. The SMILES string of the molecule is CCN(Cc1ccc(Cl)s1)C(=O)C1(CN)CCC(C)CC1. The lowest BCUT2D eigenvalue weighted by Crippen LogP contribution is -2.49. The zero-order chi connectivity index (χ0) is 15.5. The van der Waals surface area contributed by atoms with E-state index in [4.69, 9.17) is 17.3 Å². The summed E-state index contributed by atoms with van der Waals surface area (Å²) in [5.41, 5.74) is 5.66. The number of amides is 1. The van der Waals surface area contributed by atoms with Crippen LogP contribution in [0.3, 0.4) is 0 Å². The molecule has 1 heterocycles.